The van der Waals surface area contributed by atoms with Gasteiger partial charge in [0.15, 0.2) is 5.75 Å². The summed E-state index contributed by atoms with van der Waals surface area (Å²) in [4.78, 5) is 10.5. The van der Waals surface area contributed by atoms with Crippen molar-refractivity contribution in [2.75, 3.05) is 5.48 Å². The molecule has 0 aliphatic heterocycles. The largest absolute Gasteiger partial charge is 0.424 e. The third-order valence-electron chi connectivity index (χ3n) is 1.26. The zero-order valence-electron chi connectivity index (χ0n) is 6.57. The fourth-order valence-corrected chi connectivity index (χ4v) is 0.803. The summed E-state index contributed by atoms with van der Waals surface area (Å²) in [6, 6.07) is 6.60. The zero-order chi connectivity index (χ0) is 8.97. The van der Waals surface area contributed by atoms with E-state index in [0.717, 1.165) is 0 Å². The Morgan fingerprint density at radius 3 is 2.75 bits per heavy atom. The smallest absolute Gasteiger partial charge is 0.308 e. The average Bonchev–Trinajstić information content (AvgIpc) is 2.04. The van der Waals surface area contributed by atoms with Crippen molar-refractivity contribution in [2.24, 2.45) is 0 Å². The number of carbonyl (C=O) groups is 1. The van der Waals surface area contributed by atoms with Crippen molar-refractivity contribution in [2.45, 2.75) is 6.92 Å². The maximum Gasteiger partial charge on any atom is 0.308 e. The third-order valence-corrected chi connectivity index (χ3v) is 1.26. The summed E-state index contributed by atoms with van der Waals surface area (Å²) >= 11 is 0. The number of carbonyl (C=O) groups excluding carboxylic acids is 1. The predicted octanol–water partition coefficient (Wildman–Crippen LogP) is 1.41. The molecule has 4 nitrogen and oxygen atoms in total. The summed E-state index contributed by atoms with van der Waals surface area (Å²) in [5, 5.41) is 8.59. The number of nitrogens with one attached hydrogen (secondary N) is 1. The van der Waals surface area contributed by atoms with Crippen LogP contribution in [0, 0.1) is 0 Å². The zero-order valence-corrected chi connectivity index (χ0v) is 6.57. The number of hydrogen-bond donors (Lipinski definition) is 2. The Hall–Kier alpha value is -1.55. The van der Waals surface area contributed by atoms with Gasteiger partial charge >= 0.3 is 5.97 Å². The molecule has 0 saturated heterocycles. The number of benzene rings is 1. The molecule has 2 N–H and O–H groups in total. The lowest BCUT2D eigenvalue weighted by Crippen LogP contribution is -2.03. The molecular formula is C8H9NO3. The van der Waals surface area contributed by atoms with Gasteiger partial charge in [-0.25, -0.2) is 0 Å². The molecule has 1 rings (SSSR count). The molecule has 4 heteroatoms. The maximum absolute atomic E-state index is 10.5. The van der Waals surface area contributed by atoms with E-state index in [1.165, 1.54) is 6.92 Å². The summed E-state index contributed by atoms with van der Waals surface area (Å²) in [6.07, 6.45) is 0. The molecule has 1 aromatic carbocycles. The molecule has 0 heterocycles. The summed E-state index contributed by atoms with van der Waals surface area (Å²) in [5.41, 5.74) is 2.29. The number of ether oxygens (including phenoxy) is 1. The molecule has 12 heavy (non-hydrogen) atoms. The molecule has 0 unspecified atom stereocenters. The van der Waals surface area contributed by atoms with Crippen LogP contribution >= 0.6 is 0 Å². The summed E-state index contributed by atoms with van der Waals surface area (Å²) in [7, 11) is 0. The first-order valence-electron chi connectivity index (χ1n) is 3.41. The Morgan fingerprint density at radius 2 is 2.17 bits per heavy atom. The Balaban J connectivity index is 2.89. The van der Waals surface area contributed by atoms with Gasteiger partial charge in [-0.1, -0.05) is 12.1 Å². The van der Waals surface area contributed by atoms with Crippen LogP contribution in [0.5, 0.6) is 5.75 Å². The van der Waals surface area contributed by atoms with Crippen LogP contribution in [0.2, 0.25) is 0 Å². The highest BCUT2D eigenvalue weighted by Crippen LogP contribution is 2.22. The summed E-state index contributed by atoms with van der Waals surface area (Å²) < 4.78 is 4.77. The number of esters is 1. The molecule has 1 aromatic rings. The van der Waals surface area contributed by atoms with Crippen LogP contribution in [0.1, 0.15) is 6.92 Å². The first-order chi connectivity index (χ1) is 5.74. The van der Waals surface area contributed by atoms with Crippen molar-refractivity contribution in [1.82, 2.24) is 0 Å². The second-order valence-corrected chi connectivity index (χ2v) is 2.20. The van der Waals surface area contributed by atoms with Crippen LogP contribution in [-0.4, -0.2) is 11.2 Å². The Morgan fingerprint density at radius 1 is 1.50 bits per heavy atom. The van der Waals surface area contributed by atoms with Gasteiger partial charge in [0.1, 0.15) is 5.69 Å². The minimum absolute atomic E-state index is 0.313. The lowest BCUT2D eigenvalue weighted by molar-refractivity contribution is -0.131. The van der Waals surface area contributed by atoms with Gasteiger partial charge in [0.25, 0.3) is 0 Å². The molecule has 0 aliphatic rings. The lowest BCUT2D eigenvalue weighted by Gasteiger charge is -2.05. The SMILES string of the molecule is CC(=O)Oc1ccccc1NO. The Labute approximate surface area is 69.7 Å². The molecule has 64 valence electrons. The van der Waals surface area contributed by atoms with E-state index in [9.17, 15) is 4.79 Å². The van der Waals surface area contributed by atoms with E-state index < -0.39 is 5.97 Å². The van der Waals surface area contributed by atoms with E-state index in [0.29, 0.717) is 11.4 Å². The van der Waals surface area contributed by atoms with E-state index >= 15 is 0 Å². The van der Waals surface area contributed by atoms with Gasteiger partial charge in [-0.15, -0.1) is 0 Å². The molecule has 0 spiro atoms. The molecular weight excluding hydrogens is 158 g/mol. The lowest BCUT2D eigenvalue weighted by atomic mass is 10.3. The number of rotatable bonds is 2. The summed E-state index contributed by atoms with van der Waals surface area (Å²) in [6.45, 7) is 1.30. The predicted molar refractivity (Wildman–Crippen MR) is 43.2 cm³/mol. The van der Waals surface area contributed by atoms with Crippen molar-refractivity contribution in [3.05, 3.63) is 24.3 Å². The number of hydrogen-bond acceptors (Lipinski definition) is 4. The molecule has 0 bridgehead atoms. The van der Waals surface area contributed by atoms with Crippen molar-refractivity contribution < 1.29 is 14.7 Å². The molecule has 0 atom stereocenters. The first kappa shape index (κ1) is 8.55. The van der Waals surface area contributed by atoms with Gasteiger partial charge in [-0.3, -0.25) is 15.5 Å². The molecule has 0 aliphatic carbocycles. The topological polar surface area (TPSA) is 58.6 Å². The fraction of sp³-hybridized carbons (Fsp3) is 0.125. The van der Waals surface area contributed by atoms with Crippen LogP contribution in [0.25, 0.3) is 0 Å². The van der Waals surface area contributed by atoms with E-state index in [4.69, 9.17) is 9.94 Å². The summed E-state index contributed by atoms with van der Waals surface area (Å²) in [5.74, 6) is -0.106. The average molecular weight is 167 g/mol. The second-order valence-electron chi connectivity index (χ2n) is 2.20. The second kappa shape index (κ2) is 3.73. The minimum Gasteiger partial charge on any atom is -0.424 e. The molecule has 0 radical (unpaired) electrons. The molecule has 0 fully saturated rings. The van der Waals surface area contributed by atoms with Crippen molar-refractivity contribution >= 4 is 11.7 Å². The highest BCUT2D eigenvalue weighted by atomic mass is 16.5. The van der Waals surface area contributed by atoms with Gasteiger partial charge < -0.3 is 4.74 Å². The van der Waals surface area contributed by atoms with Gasteiger partial charge in [0, 0.05) is 6.92 Å². The standard InChI is InChI=1S/C8H9NO3/c1-6(10)12-8-5-3-2-4-7(8)9-11/h2-5,9,11H,1H3. The van der Waals surface area contributed by atoms with Crippen LogP contribution in [-0.2, 0) is 4.79 Å². The monoisotopic (exact) mass is 167 g/mol. The first-order valence-corrected chi connectivity index (χ1v) is 3.41. The Bertz CT molecular complexity index is 285. The third kappa shape index (κ3) is 1.96. The highest BCUT2D eigenvalue weighted by molar-refractivity contribution is 5.72. The minimum atomic E-state index is -0.419. The normalized spacial score (nSPS) is 9.17. The van der Waals surface area contributed by atoms with E-state index in [2.05, 4.69) is 0 Å². The van der Waals surface area contributed by atoms with Crippen molar-refractivity contribution in [3.8, 4) is 5.75 Å². The van der Waals surface area contributed by atoms with E-state index in [-0.39, 0.29) is 0 Å². The quantitative estimate of drug-likeness (QED) is 0.397. The van der Waals surface area contributed by atoms with Gasteiger partial charge in [-0.05, 0) is 12.1 Å². The van der Waals surface area contributed by atoms with Crippen LogP contribution < -0.4 is 10.2 Å². The maximum atomic E-state index is 10.5. The molecule has 0 saturated carbocycles. The van der Waals surface area contributed by atoms with Gasteiger partial charge in [-0.2, -0.15) is 0 Å². The van der Waals surface area contributed by atoms with E-state index in [1.54, 1.807) is 24.3 Å². The van der Waals surface area contributed by atoms with Crippen LogP contribution in [0.4, 0.5) is 5.69 Å². The Kier molecular flexibility index (Phi) is 2.66. The highest BCUT2D eigenvalue weighted by Gasteiger charge is 2.02. The van der Waals surface area contributed by atoms with Crippen molar-refractivity contribution in [3.63, 3.8) is 0 Å². The van der Waals surface area contributed by atoms with Gasteiger partial charge in [0.05, 0.1) is 0 Å². The molecule has 0 amide bonds. The molecule has 0 aromatic heterocycles. The van der Waals surface area contributed by atoms with Crippen LogP contribution in [0.3, 0.4) is 0 Å². The van der Waals surface area contributed by atoms with Crippen LogP contribution in [0.15, 0.2) is 24.3 Å². The van der Waals surface area contributed by atoms with Crippen molar-refractivity contribution in [1.29, 1.82) is 0 Å². The van der Waals surface area contributed by atoms with Gasteiger partial charge in [0.2, 0.25) is 0 Å². The number of anilines is 1. The fourth-order valence-electron chi connectivity index (χ4n) is 0.803. The number of para-hydroxylation sites is 2. The van der Waals surface area contributed by atoms with E-state index in [1.807, 2.05) is 5.48 Å².